The molecule has 0 aliphatic heterocycles. The predicted molar refractivity (Wildman–Crippen MR) is 83.1 cm³/mol. The highest BCUT2D eigenvalue weighted by Crippen LogP contribution is 2.19. The zero-order valence-corrected chi connectivity index (χ0v) is 12.5. The summed E-state index contributed by atoms with van der Waals surface area (Å²) in [5, 5.41) is 14.8. The van der Waals surface area contributed by atoms with Gasteiger partial charge in [0.25, 0.3) is 0 Å². The van der Waals surface area contributed by atoms with E-state index >= 15 is 0 Å². The van der Waals surface area contributed by atoms with E-state index in [9.17, 15) is 9.18 Å². The molecule has 1 unspecified atom stereocenters. The summed E-state index contributed by atoms with van der Waals surface area (Å²) in [4.78, 5) is 12.0. The SMILES string of the molecule is CC(NC(=O)Nc1ccc(F)cc1C#N)c1cccc(Cl)c1. The van der Waals surface area contributed by atoms with Crippen LogP contribution in [0.2, 0.25) is 5.02 Å². The van der Waals surface area contributed by atoms with Crippen LogP contribution in [0.5, 0.6) is 0 Å². The van der Waals surface area contributed by atoms with Gasteiger partial charge in [0.15, 0.2) is 0 Å². The molecule has 2 aromatic carbocycles. The number of benzene rings is 2. The summed E-state index contributed by atoms with van der Waals surface area (Å²) in [7, 11) is 0. The Bertz CT molecular complexity index is 742. The van der Waals surface area contributed by atoms with E-state index in [0.29, 0.717) is 5.02 Å². The van der Waals surface area contributed by atoms with Gasteiger partial charge in [-0.15, -0.1) is 0 Å². The molecule has 0 fully saturated rings. The number of hydrogen-bond donors (Lipinski definition) is 2. The summed E-state index contributed by atoms with van der Waals surface area (Å²) in [6.45, 7) is 1.81. The number of urea groups is 1. The van der Waals surface area contributed by atoms with Gasteiger partial charge < -0.3 is 10.6 Å². The first-order valence-corrected chi connectivity index (χ1v) is 6.90. The Morgan fingerprint density at radius 2 is 2.09 bits per heavy atom. The lowest BCUT2D eigenvalue weighted by Crippen LogP contribution is -2.31. The maximum Gasteiger partial charge on any atom is 0.319 e. The Kier molecular flexibility index (Phi) is 4.97. The predicted octanol–water partition coefficient (Wildman–Crippen LogP) is 4.23. The molecular weight excluding hydrogens is 305 g/mol. The molecule has 0 aliphatic rings. The first-order valence-electron chi connectivity index (χ1n) is 6.52. The van der Waals surface area contributed by atoms with E-state index in [0.717, 1.165) is 11.6 Å². The molecule has 0 radical (unpaired) electrons. The third-order valence-corrected chi connectivity index (χ3v) is 3.28. The maximum absolute atomic E-state index is 13.0. The summed E-state index contributed by atoms with van der Waals surface area (Å²) >= 11 is 5.91. The molecule has 2 rings (SSSR count). The molecule has 112 valence electrons. The van der Waals surface area contributed by atoms with Gasteiger partial charge in [-0.1, -0.05) is 23.7 Å². The quantitative estimate of drug-likeness (QED) is 0.889. The topological polar surface area (TPSA) is 64.9 Å². The standard InChI is InChI=1S/C16H13ClFN3O/c1-10(11-3-2-4-13(17)7-11)20-16(22)21-15-6-5-14(18)8-12(15)9-19/h2-8,10H,1H3,(H2,20,21,22). The molecule has 0 aliphatic carbocycles. The second-order valence-corrected chi connectivity index (χ2v) is 5.11. The molecule has 4 nitrogen and oxygen atoms in total. The van der Waals surface area contributed by atoms with E-state index < -0.39 is 11.8 Å². The molecule has 22 heavy (non-hydrogen) atoms. The van der Waals surface area contributed by atoms with Crippen molar-refractivity contribution in [2.75, 3.05) is 5.32 Å². The fraction of sp³-hybridized carbons (Fsp3) is 0.125. The summed E-state index contributed by atoms with van der Waals surface area (Å²) in [6, 6.07) is 11.8. The van der Waals surface area contributed by atoms with Gasteiger partial charge in [-0.2, -0.15) is 5.26 Å². The summed E-state index contributed by atoms with van der Waals surface area (Å²) < 4.78 is 13.0. The normalized spacial score (nSPS) is 11.4. The Hall–Kier alpha value is -2.58. The number of amides is 2. The lowest BCUT2D eigenvalue weighted by molar-refractivity contribution is 0.249. The summed E-state index contributed by atoms with van der Waals surface area (Å²) in [6.07, 6.45) is 0. The molecule has 2 N–H and O–H groups in total. The molecule has 0 bridgehead atoms. The van der Waals surface area contributed by atoms with E-state index in [1.807, 2.05) is 12.1 Å². The molecular formula is C16H13ClFN3O. The van der Waals surface area contributed by atoms with Crippen molar-refractivity contribution < 1.29 is 9.18 Å². The molecule has 0 aromatic heterocycles. The largest absolute Gasteiger partial charge is 0.331 e. The minimum absolute atomic E-state index is 0.0607. The van der Waals surface area contributed by atoms with Crippen LogP contribution in [0.4, 0.5) is 14.9 Å². The second-order valence-electron chi connectivity index (χ2n) is 4.68. The average Bonchev–Trinajstić information content (AvgIpc) is 2.49. The fourth-order valence-corrected chi connectivity index (χ4v) is 2.13. The number of anilines is 1. The smallest absolute Gasteiger partial charge is 0.319 e. The highest BCUT2D eigenvalue weighted by molar-refractivity contribution is 6.30. The van der Waals surface area contributed by atoms with Crippen LogP contribution in [-0.4, -0.2) is 6.03 Å². The van der Waals surface area contributed by atoms with Gasteiger partial charge in [0.1, 0.15) is 11.9 Å². The van der Waals surface area contributed by atoms with E-state index in [2.05, 4.69) is 10.6 Å². The van der Waals surface area contributed by atoms with Gasteiger partial charge in [-0.25, -0.2) is 9.18 Å². The summed E-state index contributed by atoms with van der Waals surface area (Å²) in [5.74, 6) is -0.533. The number of halogens is 2. The van der Waals surface area contributed by atoms with E-state index in [-0.39, 0.29) is 17.3 Å². The van der Waals surface area contributed by atoms with Crippen molar-refractivity contribution in [3.8, 4) is 6.07 Å². The Morgan fingerprint density at radius 3 is 2.77 bits per heavy atom. The molecule has 6 heteroatoms. The van der Waals surface area contributed by atoms with Crippen LogP contribution in [0.1, 0.15) is 24.1 Å². The lowest BCUT2D eigenvalue weighted by Gasteiger charge is -2.15. The number of carbonyl (C=O) groups is 1. The van der Waals surface area contributed by atoms with Gasteiger partial charge >= 0.3 is 6.03 Å². The third-order valence-electron chi connectivity index (χ3n) is 3.05. The average molecular weight is 318 g/mol. The molecule has 0 heterocycles. The van der Waals surface area contributed by atoms with Crippen molar-refractivity contribution in [3.63, 3.8) is 0 Å². The highest BCUT2D eigenvalue weighted by Gasteiger charge is 2.12. The van der Waals surface area contributed by atoms with Gasteiger partial charge in [0, 0.05) is 5.02 Å². The van der Waals surface area contributed by atoms with Gasteiger partial charge in [0.05, 0.1) is 17.3 Å². The zero-order chi connectivity index (χ0) is 16.1. The van der Waals surface area contributed by atoms with Crippen LogP contribution >= 0.6 is 11.6 Å². The number of hydrogen-bond acceptors (Lipinski definition) is 2. The van der Waals surface area contributed by atoms with Gasteiger partial charge in [-0.05, 0) is 42.8 Å². The van der Waals surface area contributed by atoms with Crippen LogP contribution in [0.15, 0.2) is 42.5 Å². The minimum Gasteiger partial charge on any atom is -0.331 e. The van der Waals surface area contributed by atoms with Crippen LogP contribution in [0.3, 0.4) is 0 Å². The third kappa shape index (κ3) is 3.96. The first-order chi connectivity index (χ1) is 10.5. The number of nitrogens with one attached hydrogen (secondary N) is 2. The Balaban J connectivity index is 2.06. The van der Waals surface area contributed by atoms with E-state index in [1.165, 1.54) is 12.1 Å². The van der Waals surface area contributed by atoms with Crippen molar-refractivity contribution in [1.82, 2.24) is 5.32 Å². The maximum atomic E-state index is 13.0. The number of carbonyl (C=O) groups excluding carboxylic acids is 1. The fourth-order valence-electron chi connectivity index (χ4n) is 1.93. The van der Waals surface area contributed by atoms with Crippen molar-refractivity contribution >= 4 is 23.3 Å². The molecule has 2 amide bonds. The number of rotatable bonds is 3. The van der Waals surface area contributed by atoms with E-state index in [1.54, 1.807) is 25.1 Å². The van der Waals surface area contributed by atoms with Crippen molar-refractivity contribution in [3.05, 3.63) is 64.4 Å². The van der Waals surface area contributed by atoms with Crippen LogP contribution in [0.25, 0.3) is 0 Å². The Morgan fingerprint density at radius 1 is 1.32 bits per heavy atom. The van der Waals surface area contributed by atoms with Crippen LogP contribution in [-0.2, 0) is 0 Å². The summed E-state index contributed by atoms with van der Waals surface area (Å²) in [5.41, 5.74) is 1.16. The molecule has 0 spiro atoms. The van der Waals surface area contributed by atoms with Crippen molar-refractivity contribution in [2.45, 2.75) is 13.0 Å². The lowest BCUT2D eigenvalue weighted by atomic mass is 10.1. The molecule has 2 aromatic rings. The Labute approximate surface area is 132 Å². The van der Waals surface area contributed by atoms with Gasteiger partial charge in [-0.3, -0.25) is 0 Å². The molecule has 1 atom stereocenters. The van der Waals surface area contributed by atoms with Crippen LogP contribution in [0, 0.1) is 17.1 Å². The van der Waals surface area contributed by atoms with Gasteiger partial charge in [0.2, 0.25) is 0 Å². The monoisotopic (exact) mass is 317 g/mol. The number of nitriles is 1. The highest BCUT2D eigenvalue weighted by atomic mass is 35.5. The van der Waals surface area contributed by atoms with Crippen molar-refractivity contribution in [2.24, 2.45) is 0 Å². The van der Waals surface area contributed by atoms with E-state index in [4.69, 9.17) is 16.9 Å². The van der Waals surface area contributed by atoms with Crippen molar-refractivity contribution in [1.29, 1.82) is 5.26 Å². The number of nitrogens with zero attached hydrogens (tertiary/aromatic N) is 1. The molecule has 0 saturated carbocycles. The van der Waals surface area contributed by atoms with Crippen LogP contribution < -0.4 is 10.6 Å². The zero-order valence-electron chi connectivity index (χ0n) is 11.7. The first kappa shape index (κ1) is 15.8. The second kappa shape index (κ2) is 6.92. The molecule has 0 saturated heterocycles. The minimum atomic E-state index is -0.533.